The van der Waals surface area contributed by atoms with E-state index in [1.54, 1.807) is 12.7 Å². The van der Waals surface area contributed by atoms with Crippen molar-refractivity contribution in [3.63, 3.8) is 0 Å². The van der Waals surface area contributed by atoms with Crippen LogP contribution in [0.3, 0.4) is 0 Å². The van der Waals surface area contributed by atoms with E-state index < -0.39 is 0 Å². The molecule has 2 aliphatic heterocycles. The molecular formula is C16H22N6O2. The molecule has 2 fully saturated rings. The van der Waals surface area contributed by atoms with Gasteiger partial charge < -0.3 is 19.5 Å². The first-order valence-corrected chi connectivity index (χ1v) is 8.58. The third-order valence-corrected chi connectivity index (χ3v) is 4.88. The lowest BCUT2D eigenvalue weighted by Gasteiger charge is -2.28. The zero-order valence-corrected chi connectivity index (χ0v) is 13.6. The number of H-pyrrole nitrogens is 1. The van der Waals surface area contributed by atoms with Gasteiger partial charge in [-0.2, -0.15) is 0 Å². The van der Waals surface area contributed by atoms with Crippen LogP contribution < -0.4 is 4.90 Å². The Labute approximate surface area is 140 Å². The Bertz CT molecular complexity index is 711. The molecule has 128 valence electrons. The Morgan fingerprint density at radius 2 is 2.00 bits per heavy atom. The van der Waals surface area contributed by atoms with E-state index >= 15 is 0 Å². The van der Waals surface area contributed by atoms with Gasteiger partial charge in [-0.05, 0) is 19.3 Å². The second-order valence-corrected chi connectivity index (χ2v) is 6.35. The molecule has 2 aromatic rings. The molecule has 4 rings (SSSR count). The minimum atomic E-state index is 0.128. The summed E-state index contributed by atoms with van der Waals surface area (Å²) in [6, 6.07) is 0. The Morgan fingerprint density at radius 3 is 2.88 bits per heavy atom. The fourth-order valence-corrected chi connectivity index (χ4v) is 3.54. The molecule has 0 saturated carbocycles. The van der Waals surface area contributed by atoms with E-state index in [0.717, 1.165) is 56.8 Å². The molecule has 2 aliphatic rings. The van der Waals surface area contributed by atoms with Gasteiger partial charge in [0, 0.05) is 45.3 Å². The van der Waals surface area contributed by atoms with Crippen LogP contribution in [0.5, 0.6) is 0 Å². The number of amides is 1. The number of rotatable bonds is 2. The van der Waals surface area contributed by atoms with E-state index in [2.05, 4.69) is 24.8 Å². The van der Waals surface area contributed by atoms with Crippen molar-refractivity contribution in [1.82, 2.24) is 24.8 Å². The molecule has 8 nitrogen and oxygen atoms in total. The van der Waals surface area contributed by atoms with Crippen molar-refractivity contribution >= 4 is 22.9 Å². The lowest BCUT2D eigenvalue weighted by molar-refractivity contribution is -0.138. The second kappa shape index (κ2) is 6.72. The first-order chi connectivity index (χ1) is 11.8. The number of carbonyl (C=O) groups excluding carboxylic acids is 1. The van der Waals surface area contributed by atoms with Crippen LogP contribution in [0.15, 0.2) is 12.7 Å². The van der Waals surface area contributed by atoms with Gasteiger partial charge in [-0.25, -0.2) is 15.0 Å². The molecule has 0 radical (unpaired) electrons. The van der Waals surface area contributed by atoms with Gasteiger partial charge >= 0.3 is 0 Å². The van der Waals surface area contributed by atoms with Crippen LogP contribution in [-0.4, -0.2) is 70.1 Å². The van der Waals surface area contributed by atoms with Crippen LogP contribution in [-0.2, 0) is 9.53 Å². The largest absolute Gasteiger partial charge is 0.381 e. The van der Waals surface area contributed by atoms with Crippen molar-refractivity contribution in [2.75, 3.05) is 44.3 Å². The first-order valence-electron chi connectivity index (χ1n) is 8.58. The second-order valence-electron chi connectivity index (χ2n) is 6.35. The summed E-state index contributed by atoms with van der Waals surface area (Å²) in [5.74, 6) is 1.29. The SMILES string of the molecule is O=C(C1CCOCC1)N1CCCN(c2ncnc3nc[nH]c23)CC1. The molecule has 4 heterocycles. The van der Waals surface area contributed by atoms with E-state index in [1.807, 2.05) is 4.90 Å². The third-order valence-electron chi connectivity index (χ3n) is 4.88. The number of nitrogens with zero attached hydrogens (tertiary/aromatic N) is 5. The molecule has 0 atom stereocenters. The molecule has 0 bridgehead atoms. The predicted octanol–water partition coefficient (Wildman–Crippen LogP) is 0.818. The molecule has 2 saturated heterocycles. The van der Waals surface area contributed by atoms with Crippen LogP contribution >= 0.6 is 0 Å². The Balaban J connectivity index is 1.46. The lowest BCUT2D eigenvalue weighted by atomic mass is 9.98. The number of ether oxygens (including phenoxy) is 1. The highest BCUT2D eigenvalue weighted by atomic mass is 16.5. The molecule has 0 aliphatic carbocycles. The van der Waals surface area contributed by atoms with Gasteiger partial charge in [-0.3, -0.25) is 4.79 Å². The predicted molar refractivity (Wildman–Crippen MR) is 88.6 cm³/mol. The summed E-state index contributed by atoms with van der Waals surface area (Å²) in [4.78, 5) is 32.9. The Kier molecular flexibility index (Phi) is 4.29. The summed E-state index contributed by atoms with van der Waals surface area (Å²) in [7, 11) is 0. The standard InChI is InChI=1S/C16H22N6O2/c23-16(12-2-8-24-9-3-12)22-5-1-4-21(6-7-22)15-13-14(18-10-17-13)19-11-20-15/h10-12H,1-9H2,(H,17,18,19,20). The maximum Gasteiger partial charge on any atom is 0.225 e. The maximum absolute atomic E-state index is 12.7. The Morgan fingerprint density at radius 1 is 1.12 bits per heavy atom. The summed E-state index contributed by atoms with van der Waals surface area (Å²) >= 11 is 0. The van der Waals surface area contributed by atoms with Gasteiger partial charge in [-0.1, -0.05) is 0 Å². The van der Waals surface area contributed by atoms with Gasteiger partial charge in [0.05, 0.1) is 6.33 Å². The monoisotopic (exact) mass is 330 g/mol. The smallest absolute Gasteiger partial charge is 0.225 e. The topological polar surface area (TPSA) is 87.2 Å². The van der Waals surface area contributed by atoms with Crippen molar-refractivity contribution in [3.8, 4) is 0 Å². The molecule has 2 aromatic heterocycles. The van der Waals surface area contributed by atoms with Gasteiger partial charge in [0.15, 0.2) is 11.5 Å². The minimum Gasteiger partial charge on any atom is -0.381 e. The van der Waals surface area contributed by atoms with Crippen molar-refractivity contribution < 1.29 is 9.53 Å². The quantitative estimate of drug-likeness (QED) is 0.877. The summed E-state index contributed by atoms with van der Waals surface area (Å²) in [5, 5.41) is 0. The van der Waals surface area contributed by atoms with E-state index in [0.29, 0.717) is 18.9 Å². The van der Waals surface area contributed by atoms with Gasteiger partial charge in [0.25, 0.3) is 0 Å². The molecular weight excluding hydrogens is 308 g/mol. The summed E-state index contributed by atoms with van der Waals surface area (Å²) in [6.45, 7) is 4.60. The third kappa shape index (κ3) is 2.93. The molecule has 24 heavy (non-hydrogen) atoms. The van der Waals surface area contributed by atoms with Crippen molar-refractivity contribution in [2.45, 2.75) is 19.3 Å². The number of hydrogen-bond acceptors (Lipinski definition) is 6. The van der Waals surface area contributed by atoms with Crippen LogP contribution in [0.25, 0.3) is 11.2 Å². The lowest BCUT2D eigenvalue weighted by Crippen LogP contribution is -2.40. The number of fused-ring (bicyclic) bond motifs is 1. The number of nitrogens with one attached hydrogen (secondary N) is 1. The van der Waals surface area contributed by atoms with Gasteiger partial charge in [-0.15, -0.1) is 0 Å². The fourth-order valence-electron chi connectivity index (χ4n) is 3.54. The Hall–Kier alpha value is -2.22. The number of aromatic nitrogens is 4. The van der Waals surface area contributed by atoms with Crippen LogP contribution in [0.2, 0.25) is 0 Å². The molecule has 0 spiro atoms. The average molecular weight is 330 g/mol. The molecule has 0 aromatic carbocycles. The number of hydrogen-bond donors (Lipinski definition) is 1. The number of aromatic amines is 1. The van der Waals surface area contributed by atoms with Gasteiger partial charge in [0.2, 0.25) is 5.91 Å². The summed E-state index contributed by atoms with van der Waals surface area (Å²) < 4.78 is 5.37. The van der Waals surface area contributed by atoms with E-state index in [-0.39, 0.29) is 11.8 Å². The highest BCUT2D eigenvalue weighted by molar-refractivity contribution is 5.83. The average Bonchev–Trinajstić information content (AvgIpc) is 2.99. The zero-order chi connectivity index (χ0) is 16.4. The van der Waals surface area contributed by atoms with Crippen LogP contribution in [0.4, 0.5) is 5.82 Å². The van der Waals surface area contributed by atoms with Crippen LogP contribution in [0, 0.1) is 5.92 Å². The molecule has 1 amide bonds. The molecule has 1 N–H and O–H groups in total. The van der Waals surface area contributed by atoms with Crippen molar-refractivity contribution in [2.24, 2.45) is 5.92 Å². The summed E-state index contributed by atoms with van der Waals surface area (Å²) in [6.07, 6.45) is 5.82. The molecule has 0 unspecified atom stereocenters. The van der Waals surface area contributed by atoms with E-state index in [4.69, 9.17) is 4.74 Å². The highest BCUT2D eigenvalue weighted by Gasteiger charge is 2.28. The number of anilines is 1. The maximum atomic E-state index is 12.7. The molecule has 8 heteroatoms. The van der Waals surface area contributed by atoms with E-state index in [9.17, 15) is 4.79 Å². The van der Waals surface area contributed by atoms with Crippen LogP contribution in [0.1, 0.15) is 19.3 Å². The normalized spacial score (nSPS) is 20.3. The van der Waals surface area contributed by atoms with Gasteiger partial charge in [0.1, 0.15) is 11.8 Å². The highest BCUT2D eigenvalue weighted by Crippen LogP contribution is 2.23. The van der Waals surface area contributed by atoms with Crippen molar-refractivity contribution in [3.05, 3.63) is 12.7 Å². The summed E-state index contributed by atoms with van der Waals surface area (Å²) in [5.41, 5.74) is 1.54. The van der Waals surface area contributed by atoms with E-state index in [1.165, 1.54) is 0 Å². The number of carbonyl (C=O) groups is 1. The number of imidazole rings is 1. The minimum absolute atomic E-state index is 0.128. The fraction of sp³-hybridized carbons (Fsp3) is 0.625. The first kappa shape index (κ1) is 15.3. The van der Waals surface area contributed by atoms with Crippen molar-refractivity contribution in [1.29, 1.82) is 0 Å². The zero-order valence-electron chi connectivity index (χ0n) is 13.6.